The zero-order chi connectivity index (χ0) is 23.8. The third kappa shape index (κ3) is 6.09. The molecule has 0 aliphatic heterocycles. The lowest BCUT2D eigenvalue weighted by Gasteiger charge is -2.15. The molecular formula is C30H33NO3. The summed E-state index contributed by atoms with van der Waals surface area (Å²) in [5.41, 5.74) is 4.55. The van der Waals surface area contributed by atoms with Crippen LogP contribution in [0.5, 0.6) is 17.2 Å². The summed E-state index contributed by atoms with van der Waals surface area (Å²) >= 11 is 0. The third-order valence-electron chi connectivity index (χ3n) is 6.07. The second kappa shape index (κ2) is 11.6. The van der Waals surface area contributed by atoms with Gasteiger partial charge in [0.05, 0.1) is 6.61 Å². The summed E-state index contributed by atoms with van der Waals surface area (Å²) in [5.74, 6) is 1.40. The molecule has 0 amide bonds. The van der Waals surface area contributed by atoms with E-state index in [4.69, 9.17) is 4.74 Å². The van der Waals surface area contributed by atoms with Crippen LogP contribution in [-0.4, -0.2) is 29.9 Å². The minimum Gasteiger partial charge on any atom is -0.508 e. The maximum atomic E-state index is 9.96. The molecule has 0 bridgehead atoms. The number of benzene rings is 4. The van der Waals surface area contributed by atoms with Gasteiger partial charge in [-0.15, -0.1) is 0 Å². The molecule has 176 valence electrons. The SMILES string of the molecule is CCCCNCCCOc1ccc(Cc2c(-c3ccc(O)cc3)ccc3cc(O)ccc23)cc1. The van der Waals surface area contributed by atoms with Gasteiger partial charge in [0.25, 0.3) is 0 Å². The Labute approximate surface area is 201 Å². The number of unbranched alkanes of at least 4 members (excludes halogenated alkanes) is 1. The van der Waals surface area contributed by atoms with Gasteiger partial charge in [-0.1, -0.05) is 55.8 Å². The first-order valence-corrected chi connectivity index (χ1v) is 12.1. The van der Waals surface area contributed by atoms with Crippen LogP contribution in [0.25, 0.3) is 21.9 Å². The minimum atomic E-state index is 0.253. The Hall–Kier alpha value is -3.50. The topological polar surface area (TPSA) is 61.7 Å². The molecule has 4 heteroatoms. The molecule has 0 heterocycles. The largest absolute Gasteiger partial charge is 0.508 e. The summed E-state index contributed by atoms with van der Waals surface area (Å²) in [6, 6.07) is 25.3. The van der Waals surface area contributed by atoms with E-state index in [1.807, 2.05) is 36.4 Å². The molecular weight excluding hydrogens is 422 g/mol. The molecule has 0 radical (unpaired) electrons. The van der Waals surface area contributed by atoms with E-state index in [0.29, 0.717) is 6.61 Å². The molecule has 4 rings (SSSR count). The smallest absolute Gasteiger partial charge is 0.119 e. The molecule has 0 spiro atoms. The Morgan fingerprint density at radius 1 is 0.765 bits per heavy atom. The van der Waals surface area contributed by atoms with Crippen molar-refractivity contribution in [2.24, 2.45) is 0 Å². The Morgan fingerprint density at radius 3 is 2.26 bits per heavy atom. The van der Waals surface area contributed by atoms with Crippen LogP contribution in [0.3, 0.4) is 0 Å². The molecule has 0 unspecified atom stereocenters. The van der Waals surface area contributed by atoms with Crippen molar-refractivity contribution in [3.8, 4) is 28.4 Å². The van der Waals surface area contributed by atoms with Crippen molar-refractivity contribution in [1.82, 2.24) is 5.32 Å². The van der Waals surface area contributed by atoms with Gasteiger partial charge in [-0.3, -0.25) is 0 Å². The minimum absolute atomic E-state index is 0.253. The molecule has 0 fully saturated rings. The standard InChI is InChI=1S/C30H33NO3/c1-2-3-17-31-18-4-19-34-27-13-5-22(6-14-27)20-30-28(23-7-10-25(32)11-8-23)15-9-24-21-26(33)12-16-29(24)30/h5-16,21,31-33H,2-4,17-20H2,1H3. The maximum Gasteiger partial charge on any atom is 0.119 e. The average molecular weight is 456 g/mol. The number of phenols is 2. The quantitative estimate of drug-likeness (QED) is 0.221. The summed E-state index contributed by atoms with van der Waals surface area (Å²) in [7, 11) is 0. The highest BCUT2D eigenvalue weighted by Gasteiger charge is 2.12. The number of ether oxygens (including phenoxy) is 1. The van der Waals surface area contributed by atoms with Crippen molar-refractivity contribution in [1.29, 1.82) is 0 Å². The van der Waals surface area contributed by atoms with Gasteiger partial charge in [0.15, 0.2) is 0 Å². The van der Waals surface area contributed by atoms with E-state index in [9.17, 15) is 10.2 Å². The Morgan fingerprint density at radius 2 is 1.50 bits per heavy atom. The first kappa shape index (κ1) is 23.7. The van der Waals surface area contributed by atoms with E-state index in [2.05, 4.69) is 30.4 Å². The van der Waals surface area contributed by atoms with Crippen molar-refractivity contribution >= 4 is 10.8 Å². The van der Waals surface area contributed by atoms with Crippen LogP contribution in [0.4, 0.5) is 0 Å². The van der Waals surface area contributed by atoms with Crippen molar-refractivity contribution in [3.63, 3.8) is 0 Å². The van der Waals surface area contributed by atoms with Gasteiger partial charge in [-0.25, -0.2) is 0 Å². The van der Waals surface area contributed by atoms with Gasteiger partial charge in [-0.05, 0) is 102 Å². The zero-order valence-electron chi connectivity index (χ0n) is 19.8. The number of fused-ring (bicyclic) bond motifs is 1. The molecule has 0 saturated carbocycles. The zero-order valence-corrected chi connectivity index (χ0v) is 19.8. The lowest BCUT2D eigenvalue weighted by atomic mass is 9.90. The van der Waals surface area contributed by atoms with E-state index in [-0.39, 0.29) is 11.5 Å². The second-order valence-corrected chi connectivity index (χ2v) is 8.67. The van der Waals surface area contributed by atoms with Gasteiger partial charge in [0.1, 0.15) is 17.2 Å². The van der Waals surface area contributed by atoms with Crippen molar-refractivity contribution in [2.75, 3.05) is 19.7 Å². The lowest BCUT2D eigenvalue weighted by molar-refractivity contribution is 0.308. The van der Waals surface area contributed by atoms with Crippen LogP contribution in [0.15, 0.2) is 78.9 Å². The van der Waals surface area contributed by atoms with E-state index in [1.165, 1.54) is 24.0 Å². The lowest BCUT2D eigenvalue weighted by Crippen LogP contribution is -2.18. The average Bonchev–Trinajstić information content (AvgIpc) is 2.85. The van der Waals surface area contributed by atoms with E-state index >= 15 is 0 Å². The van der Waals surface area contributed by atoms with Crippen LogP contribution < -0.4 is 10.1 Å². The van der Waals surface area contributed by atoms with Gasteiger partial charge < -0.3 is 20.3 Å². The number of aromatic hydroxyl groups is 2. The predicted molar refractivity (Wildman–Crippen MR) is 140 cm³/mol. The van der Waals surface area contributed by atoms with E-state index in [0.717, 1.165) is 53.6 Å². The first-order chi connectivity index (χ1) is 16.6. The van der Waals surface area contributed by atoms with Gasteiger partial charge in [-0.2, -0.15) is 0 Å². The second-order valence-electron chi connectivity index (χ2n) is 8.67. The fraction of sp³-hybridized carbons (Fsp3) is 0.267. The Balaban J connectivity index is 1.50. The molecule has 0 saturated heterocycles. The number of phenolic OH excluding ortho intramolecular Hbond substituents is 2. The van der Waals surface area contributed by atoms with Gasteiger partial charge in [0, 0.05) is 0 Å². The van der Waals surface area contributed by atoms with Crippen molar-refractivity contribution in [3.05, 3.63) is 90.0 Å². The van der Waals surface area contributed by atoms with Crippen molar-refractivity contribution < 1.29 is 14.9 Å². The highest BCUT2D eigenvalue weighted by Crippen LogP contribution is 2.34. The summed E-state index contributed by atoms with van der Waals surface area (Å²) in [5, 5.41) is 25.2. The Kier molecular flexibility index (Phi) is 8.05. The molecule has 34 heavy (non-hydrogen) atoms. The fourth-order valence-electron chi connectivity index (χ4n) is 4.21. The number of rotatable bonds is 11. The molecule has 4 aromatic carbocycles. The van der Waals surface area contributed by atoms with E-state index < -0.39 is 0 Å². The monoisotopic (exact) mass is 455 g/mol. The van der Waals surface area contributed by atoms with Gasteiger partial charge >= 0.3 is 0 Å². The summed E-state index contributed by atoms with van der Waals surface area (Å²) < 4.78 is 5.91. The summed E-state index contributed by atoms with van der Waals surface area (Å²) in [4.78, 5) is 0. The van der Waals surface area contributed by atoms with Crippen LogP contribution in [0.2, 0.25) is 0 Å². The van der Waals surface area contributed by atoms with Crippen LogP contribution in [0.1, 0.15) is 37.3 Å². The molecule has 4 aromatic rings. The highest BCUT2D eigenvalue weighted by atomic mass is 16.5. The van der Waals surface area contributed by atoms with Crippen molar-refractivity contribution in [2.45, 2.75) is 32.6 Å². The molecule has 4 nitrogen and oxygen atoms in total. The van der Waals surface area contributed by atoms with E-state index in [1.54, 1.807) is 24.3 Å². The normalized spacial score (nSPS) is 11.1. The summed E-state index contributed by atoms with van der Waals surface area (Å²) in [6.07, 6.45) is 4.17. The Bertz CT molecular complexity index is 1200. The first-order valence-electron chi connectivity index (χ1n) is 12.1. The predicted octanol–water partition coefficient (Wildman–Crippen LogP) is 6.67. The summed E-state index contributed by atoms with van der Waals surface area (Å²) in [6.45, 7) is 4.96. The number of hydrogen-bond donors (Lipinski definition) is 3. The molecule has 0 aromatic heterocycles. The fourth-order valence-corrected chi connectivity index (χ4v) is 4.21. The molecule has 0 aliphatic rings. The van der Waals surface area contributed by atoms with Crippen LogP contribution >= 0.6 is 0 Å². The third-order valence-corrected chi connectivity index (χ3v) is 6.07. The maximum absolute atomic E-state index is 9.96. The molecule has 0 atom stereocenters. The molecule has 3 N–H and O–H groups in total. The number of nitrogens with one attached hydrogen (secondary N) is 1. The molecule has 0 aliphatic carbocycles. The van der Waals surface area contributed by atoms with Crippen LogP contribution in [-0.2, 0) is 6.42 Å². The highest BCUT2D eigenvalue weighted by molar-refractivity contribution is 5.93. The van der Waals surface area contributed by atoms with Crippen LogP contribution in [0, 0.1) is 0 Å². The van der Waals surface area contributed by atoms with Gasteiger partial charge in [0.2, 0.25) is 0 Å². The number of hydrogen-bond acceptors (Lipinski definition) is 4.